The maximum atomic E-state index is 10.8. The van der Waals surface area contributed by atoms with Gasteiger partial charge in [0.2, 0.25) is 0 Å². The Hall–Kier alpha value is -2.09. The topological polar surface area (TPSA) is 26.3 Å². The van der Waals surface area contributed by atoms with Crippen LogP contribution in [0.1, 0.15) is 77.6 Å². The first-order valence-corrected chi connectivity index (χ1v) is 10.9. The van der Waals surface area contributed by atoms with Crippen molar-refractivity contribution in [3.8, 4) is 11.1 Å². The summed E-state index contributed by atoms with van der Waals surface area (Å²) in [6.45, 7) is 2.25. The minimum Gasteiger partial charge on any atom is -0.469 e. The highest BCUT2D eigenvalue weighted by Gasteiger charge is 1.99. The molecule has 2 rings (SSSR count). The van der Waals surface area contributed by atoms with Crippen LogP contribution in [0.25, 0.3) is 11.1 Å². The highest BCUT2D eigenvalue weighted by atomic mass is 16.5. The van der Waals surface area contributed by atoms with Crippen molar-refractivity contribution in [2.75, 3.05) is 7.11 Å². The number of esters is 1. The fourth-order valence-electron chi connectivity index (χ4n) is 3.12. The second kappa shape index (κ2) is 17.0. The monoisotopic (exact) mass is 382 g/mol. The lowest BCUT2D eigenvalue weighted by Gasteiger charge is -2.01. The Balaban J connectivity index is 0.000000289. The lowest BCUT2D eigenvalue weighted by molar-refractivity contribution is -0.140. The van der Waals surface area contributed by atoms with Crippen LogP contribution in [0.15, 0.2) is 60.7 Å². The molecule has 0 atom stereocenters. The van der Waals surface area contributed by atoms with E-state index >= 15 is 0 Å². The molecule has 154 valence electrons. The zero-order chi connectivity index (χ0) is 20.3. The van der Waals surface area contributed by atoms with Gasteiger partial charge in [0, 0.05) is 6.42 Å². The number of rotatable bonds is 12. The number of benzene rings is 2. The smallest absolute Gasteiger partial charge is 0.305 e. The molecule has 0 aromatic heterocycles. The molecule has 0 saturated heterocycles. The third-order valence-corrected chi connectivity index (χ3v) is 4.84. The summed E-state index contributed by atoms with van der Waals surface area (Å²) < 4.78 is 4.59. The number of methoxy groups -OCH3 is 1. The average molecular weight is 383 g/mol. The van der Waals surface area contributed by atoms with Gasteiger partial charge in [0.15, 0.2) is 0 Å². The Labute approximate surface area is 172 Å². The van der Waals surface area contributed by atoms with Crippen LogP contribution in [0.3, 0.4) is 0 Å². The molecule has 2 heteroatoms. The number of unbranched alkanes of at least 4 members (excludes halogenated alkanes) is 9. The summed E-state index contributed by atoms with van der Waals surface area (Å²) in [7, 11) is 1.46. The van der Waals surface area contributed by atoms with Crippen molar-refractivity contribution in [1.29, 1.82) is 0 Å². The summed E-state index contributed by atoms with van der Waals surface area (Å²) in [6, 6.07) is 20.8. The van der Waals surface area contributed by atoms with Crippen LogP contribution in [0.2, 0.25) is 0 Å². The van der Waals surface area contributed by atoms with Crippen LogP contribution in [-0.2, 0) is 9.53 Å². The number of hydrogen-bond acceptors (Lipinski definition) is 2. The summed E-state index contributed by atoms with van der Waals surface area (Å²) in [5.41, 5.74) is 2.55. The van der Waals surface area contributed by atoms with E-state index in [1.807, 2.05) is 12.1 Å². The van der Waals surface area contributed by atoms with E-state index in [9.17, 15) is 4.79 Å². The molecular weight excluding hydrogens is 344 g/mol. The Morgan fingerprint density at radius 3 is 1.43 bits per heavy atom. The van der Waals surface area contributed by atoms with Crippen molar-refractivity contribution >= 4 is 5.97 Å². The summed E-state index contributed by atoms with van der Waals surface area (Å²) in [4.78, 5) is 10.8. The van der Waals surface area contributed by atoms with Crippen LogP contribution in [0, 0.1) is 0 Å². The van der Waals surface area contributed by atoms with E-state index in [4.69, 9.17) is 0 Å². The lowest BCUT2D eigenvalue weighted by Crippen LogP contribution is -1.99. The van der Waals surface area contributed by atoms with Gasteiger partial charge in [-0.1, -0.05) is 125 Å². The zero-order valence-electron chi connectivity index (χ0n) is 17.9. The van der Waals surface area contributed by atoms with Gasteiger partial charge in [-0.05, 0) is 17.5 Å². The minimum absolute atomic E-state index is 0.0698. The summed E-state index contributed by atoms with van der Waals surface area (Å²) >= 11 is 0. The van der Waals surface area contributed by atoms with E-state index in [-0.39, 0.29) is 5.97 Å². The number of carbonyl (C=O) groups excluding carboxylic acids is 1. The van der Waals surface area contributed by atoms with Gasteiger partial charge in [0.1, 0.15) is 0 Å². The molecule has 0 amide bonds. The molecule has 2 aromatic carbocycles. The quantitative estimate of drug-likeness (QED) is 0.276. The van der Waals surface area contributed by atoms with Crippen molar-refractivity contribution < 1.29 is 9.53 Å². The molecule has 2 nitrogen and oxygen atoms in total. The van der Waals surface area contributed by atoms with E-state index in [1.165, 1.54) is 76.0 Å². The van der Waals surface area contributed by atoms with Gasteiger partial charge in [-0.25, -0.2) is 0 Å². The molecule has 0 saturated carbocycles. The molecule has 0 unspecified atom stereocenters. The van der Waals surface area contributed by atoms with Gasteiger partial charge in [-0.2, -0.15) is 0 Å². The number of carbonyl (C=O) groups is 1. The Kier molecular flexibility index (Phi) is 14.6. The standard InChI is InChI=1S/C14H28O2.C12H10/c1-3-4-5-6-7-8-9-10-11-12-13-14(15)16-2;1-3-7-11(8-4-1)12-9-5-2-6-10-12/h3-13H2,1-2H3;1-10H. The molecule has 0 radical (unpaired) electrons. The molecule has 0 fully saturated rings. The third kappa shape index (κ3) is 12.3. The molecule has 0 spiro atoms. The van der Waals surface area contributed by atoms with Crippen molar-refractivity contribution in [2.45, 2.75) is 77.6 Å². The van der Waals surface area contributed by atoms with Gasteiger partial charge in [-0.3, -0.25) is 4.79 Å². The highest BCUT2D eigenvalue weighted by Crippen LogP contribution is 2.17. The van der Waals surface area contributed by atoms with Crippen LogP contribution >= 0.6 is 0 Å². The van der Waals surface area contributed by atoms with E-state index in [0.717, 1.165) is 6.42 Å². The molecule has 28 heavy (non-hydrogen) atoms. The Morgan fingerprint density at radius 1 is 0.643 bits per heavy atom. The first kappa shape index (κ1) is 23.9. The van der Waals surface area contributed by atoms with E-state index in [1.54, 1.807) is 0 Å². The molecule has 0 N–H and O–H groups in total. The van der Waals surface area contributed by atoms with Crippen LogP contribution in [0.5, 0.6) is 0 Å². The first-order valence-electron chi connectivity index (χ1n) is 10.9. The van der Waals surface area contributed by atoms with Crippen LogP contribution < -0.4 is 0 Å². The van der Waals surface area contributed by atoms with Gasteiger partial charge in [0.05, 0.1) is 7.11 Å². The third-order valence-electron chi connectivity index (χ3n) is 4.84. The fraction of sp³-hybridized carbons (Fsp3) is 0.500. The van der Waals surface area contributed by atoms with Crippen molar-refractivity contribution in [2.24, 2.45) is 0 Å². The van der Waals surface area contributed by atoms with E-state index in [2.05, 4.69) is 60.2 Å². The average Bonchev–Trinajstić information content (AvgIpc) is 2.76. The van der Waals surface area contributed by atoms with E-state index < -0.39 is 0 Å². The van der Waals surface area contributed by atoms with Crippen molar-refractivity contribution in [3.63, 3.8) is 0 Å². The summed E-state index contributed by atoms with van der Waals surface area (Å²) in [6.07, 6.45) is 13.6. The largest absolute Gasteiger partial charge is 0.469 e. The predicted molar refractivity (Wildman–Crippen MR) is 120 cm³/mol. The zero-order valence-corrected chi connectivity index (χ0v) is 17.9. The van der Waals surface area contributed by atoms with Gasteiger partial charge < -0.3 is 4.74 Å². The van der Waals surface area contributed by atoms with Crippen LogP contribution in [0.4, 0.5) is 0 Å². The van der Waals surface area contributed by atoms with E-state index in [0.29, 0.717) is 6.42 Å². The van der Waals surface area contributed by atoms with Gasteiger partial charge in [-0.15, -0.1) is 0 Å². The summed E-state index contributed by atoms with van der Waals surface area (Å²) in [5, 5.41) is 0. The molecule has 0 aliphatic heterocycles. The Morgan fingerprint density at radius 2 is 1.04 bits per heavy atom. The SMILES string of the molecule is CCCCCCCCCCCCC(=O)OC.c1ccc(-c2ccccc2)cc1. The minimum atomic E-state index is -0.0698. The lowest BCUT2D eigenvalue weighted by atomic mass is 10.1. The molecule has 2 aromatic rings. The second-order valence-corrected chi connectivity index (χ2v) is 7.24. The molecule has 0 aliphatic carbocycles. The molecule has 0 aliphatic rings. The predicted octanol–water partition coefficient (Wildman–Crippen LogP) is 7.82. The maximum absolute atomic E-state index is 10.8. The second-order valence-electron chi connectivity index (χ2n) is 7.24. The molecular formula is C26H38O2. The van der Waals surface area contributed by atoms with Crippen molar-refractivity contribution in [3.05, 3.63) is 60.7 Å². The van der Waals surface area contributed by atoms with Crippen molar-refractivity contribution in [1.82, 2.24) is 0 Å². The highest BCUT2D eigenvalue weighted by molar-refractivity contribution is 5.69. The van der Waals surface area contributed by atoms with Gasteiger partial charge in [0.25, 0.3) is 0 Å². The maximum Gasteiger partial charge on any atom is 0.305 e. The number of ether oxygens (including phenoxy) is 1. The summed E-state index contributed by atoms with van der Waals surface area (Å²) in [5.74, 6) is -0.0698. The first-order chi connectivity index (χ1) is 13.8. The Bertz CT molecular complexity index is 555. The fourth-order valence-corrected chi connectivity index (χ4v) is 3.12. The molecule has 0 bridgehead atoms. The normalized spacial score (nSPS) is 10.1. The van der Waals surface area contributed by atoms with Crippen LogP contribution in [-0.4, -0.2) is 13.1 Å². The molecule has 0 heterocycles. The van der Waals surface area contributed by atoms with Gasteiger partial charge >= 0.3 is 5.97 Å². The number of hydrogen-bond donors (Lipinski definition) is 0.